The van der Waals surface area contributed by atoms with Crippen LogP contribution >= 0.6 is 0 Å². The normalized spacial score (nSPS) is 13.2. The number of aryl methyl sites for hydroxylation is 2. The number of anilines is 2. The van der Waals surface area contributed by atoms with Crippen molar-refractivity contribution in [3.8, 4) is 89.1 Å². The summed E-state index contributed by atoms with van der Waals surface area (Å²) in [6.07, 6.45) is 17.4. The monoisotopic (exact) mass is 2910 g/mol. The van der Waals surface area contributed by atoms with E-state index in [2.05, 4.69) is 248 Å². The molecule has 0 spiro atoms. The van der Waals surface area contributed by atoms with Gasteiger partial charge in [0.1, 0.15) is 0 Å². The van der Waals surface area contributed by atoms with Crippen LogP contribution in [0.1, 0.15) is 58.0 Å². The maximum atomic E-state index is 4.56. The van der Waals surface area contributed by atoms with Crippen molar-refractivity contribution in [2.45, 2.75) is 38.5 Å². The van der Waals surface area contributed by atoms with Gasteiger partial charge in [0.25, 0.3) is 0 Å². The average Bonchev–Trinajstić information content (AvgIpc) is 1.63. The Kier molecular flexibility index (Phi) is 53.8. The molecule has 4 atom stereocenters. The quantitative estimate of drug-likeness (QED) is 0.101. The van der Waals surface area contributed by atoms with Gasteiger partial charge in [-0.25, -0.2) is 67.8 Å². The van der Waals surface area contributed by atoms with E-state index in [9.17, 15) is 0 Å². The number of nitrogens with zero attached hydrogens (tertiary/aromatic N) is 9. The largest absolute Gasteiger partial charge is 4.00 e. The van der Waals surface area contributed by atoms with Crippen molar-refractivity contribution in [2.75, 3.05) is 23.9 Å². The molecule has 0 amide bonds. The Bertz CT molecular complexity index is 6400. The Morgan fingerprint density at radius 1 is 0.227 bits per heavy atom. The van der Waals surface area contributed by atoms with Gasteiger partial charge in [-0.2, -0.15) is 423 Å². The third-order valence-corrected chi connectivity index (χ3v) is 22.5. The van der Waals surface area contributed by atoms with Crippen LogP contribution in [0.4, 0.5) is 11.4 Å². The first-order valence-corrected chi connectivity index (χ1v) is 47.3. The molecular weight excluding hydrogens is 2810 g/mol. The summed E-state index contributed by atoms with van der Waals surface area (Å²) in [6, 6.07) is 208. The Hall–Kier alpha value is -13.8. The van der Waals surface area contributed by atoms with E-state index in [4.69, 9.17) is 0 Å². The molecule has 4 aliphatic heterocycles. The fraction of sp³-hybridized carbons (Fsp3) is 0.0593. The molecule has 745 valence electrons. The summed E-state index contributed by atoms with van der Waals surface area (Å²) in [5.74, 6) is 0. The molecule has 19 aromatic carbocycles. The van der Waals surface area contributed by atoms with Crippen molar-refractivity contribution < 1.29 is 138 Å². The minimum absolute atomic E-state index is 0. The molecule has 1 aromatic heterocycles. The summed E-state index contributed by atoms with van der Waals surface area (Å²) >= 11 is 0. The van der Waals surface area contributed by atoms with Crippen LogP contribution < -0.4 is 9.80 Å². The van der Waals surface area contributed by atoms with Gasteiger partial charge in [0.15, 0.2) is 0 Å². The van der Waals surface area contributed by atoms with Crippen molar-refractivity contribution in [3.63, 3.8) is 0 Å². The Morgan fingerprint density at radius 3 is 0.813 bits per heavy atom. The first kappa shape index (κ1) is 120. The smallest absolute Gasteiger partial charge is 0.668 e. The van der Waals surface area contributed by atoms with Crippen LogP contribution in [0.25, 0.3) is 110 Å². The Morgan fingerprint density at radius 2 is 0.500 bits per heavy atom. The Balaban J connectivity index is 0.000000185. The molecule has 5 heterocycles. The third kappa shape index (κ3) is 37.5. The summed E-state index contributed by atoms with van der Waals surface area (Å²) < 4.78 is 0. The molecule has 0 aliphatic carbocycles. The topological polar surface area (TPSA) is 82.3 Å². The Labute approximate surface area is 985 Å². The summed E-state index contributed by atoms with van der Waals surface area (Å²) in [6.45, 7) is 4.28. The number of para-hydroxylation sites is 2. The van der Waals surface area contributed by atoms with Crippen molar-refractivity contribution in [3.05, 3.63) is 681 Å². The van der Waals surface area contributed by atoms with Gasteiger partial charge in [-0.15, -0.1) is 72.3 Å². The van der Waals surface area contributed by atoms with E-state index < -0.39 is 0 Å². The number of benzene rings is 19. The molecule has 0 bridgehead atoms. The van der Waals surface area contributed by atoms with Crippen molar-refractivity contribution >= 4 is 11.4 Å². The summed E-state index contributed by atoms with van der Waals surface area (Å²) in [4.78, 5) is 12.8. The van der Waals surface area contributed by atoms with Crippen molar-refractivity contribution in [1.82, 2.24) is 14.8 Å². The molecule has 0 saturated carbocycles. The number of hydrogen-bond donors (Lipinski definition) is 0. The summed E-state index contributed by atoms with van der Waals surface area (Å²) in [5, 5.41) is 17.6. The van der Waals surface area contributed by atoms with Crippen molar-refractivity contribution in [2.24, 2.45) is 0 Å². The zero-order chi connectivity index (χ0) is 98.8. The predicted molar refractivity (Wildman–Crippen MR) is 590 cm³/mol. The van der Waals surface area contributed by atoms with Crippen LogP contribution in [0.5, 0.6) is 0 Å². The molecule has 1 radical (unpaired) electrons. The van der Waals surface area contributed by atoms with Gasteiger partial charge in [-0.3, -0.25) is 23.2 Å². The van der Waals surface area contributed by atoms with Gasteiger partial charge in [0.2, 0.25) is 0 Å². The zero-order valence-corrected chi connectivity index (χ0v) is 96.8. The van der Waals surface area contributed by atoms with Gasteiger partial charge in [-0.1, -0.05) is 72.8 Å². The molecule has 0 fully saturated rings. The summed E-state index contributed by atoms with van der Waals surface area (Å²) in [7, 11) is 4.02. The van der Waals surface area contributed by atoms with E-state index in [0.717, 1.165) is 106 Å². The molecular formula is C135H102N9Pt5Y-5. The van der Waals surface area contributed by atoms with Crippen LogP contribution in [0, 0.1) is 117 Å². The van der Waals surface area contributed by atoms with Crippen LogP contribution in [0.15, 0.2) is 523 Å². The number of rotatable bonds is 14. The van der Waals surface area contributed by atoms with Gasteiger partial charge < -0.3 is 58.1 Å². The van der Waals surface area contributed by atoms with Crippen molar-refractivity contribution in [1.29, 1.82) is 0 Å². The molecule has 4 aliphatic rings. The van der Waals surface area contributed by atoms with Crippen LogP contribution in [0.3, 0.4) is 0 Å². The molecule has 20 aromatic rings. The molecule has 15 heteroatoms. The molecule has 0 N–H and O–H groups in total. The number of aromatic nitrogens is 1. The summed E-state index contributed by atoms with van der Waals surface area (Å²) in [5.41, 5.74) is 26.6. The number of hydrogen-bond acceptors (Lipinski definition) is 5. The minimum Gasteiger partial charge on any atom is -0.668 e. The fourth-order valence-corrected chi connectivity index (χ4v) is 15.4. The molecule has 9 nitrogen and oxygen atoms in total. The minimum atomic E-state index is 0. The number of pyridine rings is 1. The standard InChI is InChI=1S/C18H12.C17H16N2.C17H10N.C15H12N2.4C12H8.2C10H10N2.5Pt.Y/c1-3-8-15(9-4-1)17-12-7-13-18(14-17)16-10-5-2-6-11-16;1-13-7-6-8-14(2)16(13)19-12-11-18-17(19)15-9-4-3-5-10-15;1-2-7-14(8-3-1)15-9-6-10-16(13-15)17-11-4-5-12-18-17;1-3-7-13(8-4-1)15-16-11-12-17(15)14-9-5-2-6-10-14;4*1-3-7-11(8-4-1)12-9-5-2-6-10-12;2*1-12-8-7-11-10(12)9-5-3-2-4-6-9;;;;;;/h1-10,12,14H;3-9,11-12,17H,1-2H3;1-7,11-13H;1-7,9-12,15H;4*1-7,9H;2*2-5,7-8,10H,1H3;;;;;;/q2*-2;-3;7*-2;;4*+4;. The van der Waals surface area contributed by atoms with E-state index in [0.29, 0.717) is 0 Å². The van der Waals surface area contributed by atoms with Gasteiger partial charge >= 0.3 is 84.3 Å². The maximum absolute atomic E-state index is 4.56. The zero-order valence-electron chi connectivity index (χ0n) is 82.6. The second-order valence-corrected chi connectivity index (χ2v) is 32.5. The van der Waals surface area contributed by atoms with E-state index >= 15 is 0 Å². The molecule has 4 unspecified atom stereocenters. The first-order valence-electron chi connectivity index (χ1n) is 47.3. The molecule has 150 heavy (non-hydrogen) atoms. The van der Waals surface area contributed by atoms with E-state index in [1.165, 1.54) is 27.9 Å². The fourth-order valence-electron chi connectivity index (χ4n) is 15.4. The van der Waals surface area contributed by atoms with Gasteiger partial charge in [0.05, 0.1) is 0 Å². The maximum Gasteiger partial charge on any atom is 4.00 e. The predicted octanol–water partition coefficient (Wildman–Crippen LogP) is 33.1. The van der Waals surface area contributed by atoms with Gasteiger partial charge in [-0.05, 0) is 104 Å². The molecule has 0 saturated heterocycles. The second-order valence-electron chi connectivity index (χ2n) is 32.5. The molecule has 24 rings (SSSR count). The second kappa shape index (κ2) is 67.3. The van der Waals surface area contributed by atoms with Crippen LogP contribution in [-0.4, -0.2) is 28.9 Å². The van der Waals surface area contributed by atoms with Crippen LogP contribution in [0.2, 0.25) is 0 Å². The van der Waals surface area contributed by atoms with E-state index in [1.807, 2.05) is 440 Å². The first-order chi connectivity index (χ1) is 71.2. The SMILES string of the molecule is CN1C=C[N-]C1c1[c-]cccc1.CN1C=C[N-]C1c1[c-]cccc1.Cc1cccc(C)c1N1C=C[N-]C1c1[c-]cccc1.[Pt+4].[Pt+4].[Pt+4].[Pt+4].[Pt].[Y].[c-]1ccccc1-c1[c-]c[c-]c(-c2ccccn2)c1.[c-]1ccccc1-c1[c-]ccc(-c2ccccc2)c1.[c-]1ccccc1-c1[c-]cccc1.[c-]1ccccc1-c1[c-]cccc1.[c-]1ccccc1-c1[c-]cccc1.[c-]1ccccc1-c1[c-]cccc1.[c-]1ccccc1C1[N-]C=CN1c1ccccc1. The van der Waals surface area contributed by atoms with E-state index in [-0.39, 0.29) is 163 Å². The van der Waals surface area contributed by atoms with Crippen LogP contribution in [-0.2, 0) is 138 Å². The average molecular weight is 2910 g/mol. The third-order valence-electron chi connectivity index (χ3n) is 22.5. The van der Waals surface area contributed by atoms with Gasteiger partial charge in [0, 0.05) is 91.1 Å². The van der Waals surface area contributed by atoms with E-state index in [1.54, 1.807) is 12.3 Å².